The first-order valence-electron chi connectivity index (χ1n) is 6.34. The van der Waals surface area contributed by atoms with Crippen LogP contribution in [0.2, 0.25) is 0 Å². The Morgan fingerprint density at radius 3 is 2.69 bits per heavy atom. The maximum Gasteiger partial charge on any atom is 0.252 e. The van der Waals surface area contributed by atoms with Crippen LogP contribution in [-0.2, 0) is 9.53 Å². The molecule has 16 heavy (non-hydrogen) atoms. The van der Waals surface area contributed by atoms with Gasteiger partial charge in [-0.25, -0.2) is 0 Å². The third kappa shape index (κ3) is 1.74. The average molecular weight is 224 g/mol. The summed E-state index contributed by atoms with van der Waals surface area (Å²) in [6.07, 6.45) is 4.50. The van der Waals surface area contributed by atoms with E-state index in [4.69, 9.17) is 4.74 Å². The van der Waals surface area contributed by atoms with Crippen LogP contribution in [0.25, 0.3) is 0 Å². The largest absolute Gasteiger partial charge is 0.360 e. The van der Waals surface area contributed by atoms with Crippen LogP contribution in [0.15, 0.2) is 0 Å². The molecule has 1 spiro atoms. The van der Waals surface area contributed by atoms with Gasteiger partial charge in [-0.1, -0.05) is 0 Å². The Morgan fingerprint density at radius 1 is 1.38 bits per heavy atom. The van der Waals surface area contributed by atoms with E-state index in [1.807, 2.05) is 0 Å². The second kappa shape index (κ2) is 3.70. The Kier molecular flexibility index (Phi) is 2.44. The summed E-state index contributed by atoms with van der Waals surface area (Å²) in [4.78, 5) is 14.0. The van der Waals surface area contributed by atoms with Crippen LogP contribution >= 0.6 is 0 Å². The van der Waals surface area contributed by atoms with Crippen molar-refractivity contribution in [2.75, 3.05) is 26.7 Å². The molecule has 0 aromatic rings. The monoisotopic (exact) mass is 224 g/mol. The lowest BCUT2D eigenvalue weighted by Crippen LogP contribution is -2.54. The molecular weight excluding hydrogens is 204 g/mol. The molecule has 0 aromatic carbocycles. The zero-order valence-corrected chi connectivity index (χ0v) is 9.87. The number of amides is 1. The van der Waals surface area contributed by atoms with Crippen LogP contribution in [-0.4, -0.2) is 49.2 Å². The molecule has 3 rings (SSSR count). The SMILES string of the molecule is CN1CCC(C2CNC(=O)C3(CC3)O2)CC1. The van der Waals surface area contributed by atoms with Gasteiger partial charge in [-0.15, -0.1) is 0 Å². The average Bonchev–Trinajstić information content (AvgIpc) is 3.05. The van der Waals surface area contributed by atoms with Crippen LogP contribution in [0.3, 0.4) is 0 Å². The third-order valence-electron chi connectivity index (χ3n) is 4.25. The Bertz CT molecular complexity index is 293. The fourth-order valence-corrected chi connectivity index (χ4v) is 2.86. The molecule has 0 radical (unpaired) electrons. The molecular formula is C12H20N2O2. The maximum absolute atomic E-state index is 11.6. The van der Waals surface area contributed by atoms with Gasteiger partial charge < -0.3 is 15.0 Å². The van der Waals surface area contributed by atoms with E-state index >= 15 is 0 Å². The second-order valence-corrected chi connectivity index (χ2v) is 5.50. The van der Waals surface area contributed by atoms with E-state index in [0.29, 0.717) is 5.92 Å². The highest BCUT2D eigenvalue weighted by Gasteiger charge is 2.55. The van der Waals surface area contributed by atoms with Crippen molar-refractivity contribution < 1.29 is 9.53 Å². The number of morpholine rings is 1. The number of piperidine rings is 1. The van der Waals surface area contributed by atoms with Crippen molar-refractivity contribution in [2.24, 2.45) is 5.92 Å². The topological polar surface area (TPSA) is 41.6 Å². The minimum absolute atomic E-state index is 0.122. The quantitative estimate of drug-likeness (QED) is 0.700. The molecule has 2 saturated heterocycles. The number of carbonyl (C=O) groups is 1. The number of hydrogen-bond donors (Lipinski definition) is 1. The fraction of sp³-hybridized carbons (Fsp3) is 0.917. The number of carbonyl (C=O) groups excluding carboxylic acids is 1. The van der Waals surface area contributed by atoms with E-state index in [0.717, 1.165) is 32.5 Å². The fourth-order valence-electron chi connectivity index (χ4n) is 2.86. The molecule has 1 unspecified atom stereocenters. The smallest absolute Gasteiger partial charge is 0.252 e. The van der Waals surface area contributed by atoms with Crippen molar-refractivity contribution in [1.82, 2.24) is 10.2 Å². The summed E-state index contributed by atoms with van der Waals surface area (Å²) < 4.78 is 6.04. The number of hydrogen-bond acceptors (Lipinski definition) is 3. The highest BCUT2D eigenvalue weighted by molar-refractivity contribution is 5.88. The zero-order valence-electron chi connectivity index (χ0n) is 9.87. The van der Waals surface area contributed by atoms with Crippen LogP contribution in [0.5, 0.6) is 0 Å². The summed E-state index contributed by atoms with van der Waals surface area (Å²) in [5, 5.41) is 3.02. The third-order valence-corrected chi connectivity index (χ3v) is 4.25. The normalized spacial score (nSPS) is 35.1. The van der Waals surface area contributed by atoms with Crippen molar-refractivity contribution in [3.63, 3.8) is 0 Å². The zero-order chi connectivity index (χ0) is 11.2. The van der Waals surface area contributed by atoms with Gasteiger partial charge >= 0.3 is 0 Å². The first-order chi connectivity index (χ1) is 7.70. The number of ether oxygens (including phenoxy) is 1. The first kappa shape index (κ1) is 10.5. The molecule has 0 aromatic heterocycles. The minimum Gasteiger partial charge on any atom is -0.360 e. The lowest BCUT2D eigenvalue weighted by molar-refractivity contribution is -0.154. The summed E-state index contributed by atoms with van der Waals surface area (Å²) in [7, 11) is 2.17. The molecule has 4 heteroatoms. The van der Waals surface area contributed by atoms with Crippen molar-refractivity contribution in [1.29, 1.82) is 0 Å². The first-order valence-corrected chi connectivity index (χ1v) is 6.34. The predicted octanol–water partition coefficient (Wildman–Crippen LogP) is 0.376. The lowest BCUT2D eigenvalue weighted by atomic mass is 9.90. The summed E-state index contributed by atoms with van der Waals surface area (Å²) in [6.45, 7) is 3.03. The Labute approximate surface area is 96.3 Å². The highest BCUT2D eigenvalue weighted by Crippen LogP contribution is 2.44. The van der Waals surface area contributed by atoms with Gasteiger partial charge in [0, 0.05) is 6.54 Å². The number of nitrogens with one attached hydrogen (secondary N) is 1. The van der Waals surface area contributed by atoms with E-state index in [9.17, 15) is 4.79 Å². The molecule has 2 heterocycles. The van der Waals surface area contributed by atoms with Gasteiger partial charge in [-0.2, -0.15) is 0 Å². The van der Waals surface area contributed by atoms with E-state index in [2.05, 4.69) is 17.3 Å². The molecule has 0 bridgehead atoms. The standard InChI is InChI=1S/C12H20N2O2/c1-14-6-2-9(3-7-14)10-8-13-11(15)12(16-10)4-5-12/h9-10H,2-8H2,1H3,(H,13,15). The van der Waals surface area contributed by atoms with E-state index in [1.54, 1.807) is 0 Å². The molecule has 1 amide bonds. The summed E-state index contributed by atoms with van der Waals surface area (Å²) in [6, 6.07) is 0. The van der Waals surface area contributed by atoms with Gasteiger partial charge in [0.1, 0.15) is 5.60 Å². The molecule has 90 valence electrons. The van der Waals surface area contributed by atoms with E-state index in [-0.39, 0.29) is 12.0 Å². The predicted molar refractivity (Wildman–Crippen MR) is 60.1 cm³/mol. The summed E-state index contributed by atoms with van der Waals surface area (Å²) >= 11 is 0. The Morgan fingerprint density at radius 2 is 2.06 bits per heavy atom. The molecule has 3 fully saturated rings. The van der Waals surface area contributed by atoms with Crippen molar-refractivity contribution in [3.8, 4) is 0 Å². The van der Waals surface area contributed by atoms with Gasteiger partial charge in [0.05, 0.1) is 6.10 Å². The molecule has 1 atom stereocenters. The number of likely N-dealkylation sites (tertiary alicyclic amines) is 1. The van der Waals surface area contributed by atoms with Crippen LogP contribution < -0.4 is 5.32 Å². The summed E-state index contributed by atoms with van der Waals surface area (Å²) in [5.41, 5.74) is -0.410. The molecule has 3 aliphatic rings. The van der Waals surface area contributed by atoms with E-state index < -0.39 is 5.60 Å². The van der Waals surface area contributed by atoms with Crippen LogP contribution in [0, 0.1) is 5.92 Å². The van der Waals surface area contributed by atoms with Crippen molar-refractivity contribution in [2.45, 2.75) is 37.4 Å². The molecule has 1 saturated carbocycles. The minimum atomic E-state index is -0.410. The van der Waals surface area contributed by atoms with Crippen LogP contribution in [0.1, 0.15) is 25.7 Å². The van der Waals surface area contributed by atoms with Crippen LogP contribution in [0.4, 0.5) is 0 Å². The van der Waals surface area contributed by atoms with Gasteiger partial charge in [0.15, 0.2) is 0 Å². The van der Waals surface area contributed by atoms with Gasteiger partial charge in [0.25, 0.3) is 5.91 Å². The second-order valence-electron chi connectivity index (χ2n) is 5.50. The highest BCUT2D eigenvalue weighted by atomic mass is 16.5. The molecule has 1 N–H and O–H groups in total. The van der Waals surface area contributed by atoms with Gasteiger partial charge in [-0.3, -0.25) is 4.79 Å². The van der Waals surface area contributed by atoms with Gasteiger partial charge in [0.2, 0.25) is 0 Å². The number of rotatable bonds is 1. The Balaban J connectivity index is 1.61. The van der Waals surface area contributed by atoms with Gasteiger partial charge in [-0.05, 0) is 51.7 Å². The van der Waals surface area contributed by atoms with Crippen molar-refractivity contribution in [3.05, 3.63) is 0 Å². The Hall–Kier alpha value is -0.610. The number of nitrogens with zero attached hydrogens (tertiary/aromatic N) is 1. The lowest BCUT2D eigenvalue weighted by Gasteiger charge is -2.38. The van der Waals surface area contributed by atoms with E-state index in [1.165, 1.54) is 12.8 Å². The molecule has 1 aliphatic carbocycles. The summed E-state index contributed by atoms with van der Waals surface area (Å²) in [5.74, 6) is 0.756. The molecule has 4 nitrogen and oxygen atoms in total. The van der Waals surface area contributed by atoms with Crippen molar-refractivity contribution >= 4 is 5.91 Å². The maximum atomic E-state index is 11.6. The molecule has 2 aliphatic heterocycles.